The number of carbonyl (C=O) groups excluding carboxylic acids is 1. The maximum absolute atomic E-state index is 11.7. The highest BCUT2D eigenvalue weighted by atomic mass is 32.1. The Morgan fingerprint density at radius 1 is 1.40 bits per heavy atom. The lowest BCUT2D eigenvalue weighted by molar-refractivity contribution is 0.251. The van der Waals surface area contributed by atoms with Crippen molar-refractivity contribution < 1.29 is 4.79 Å². The number of rotatable bonds is 5. The van der Waals surface area contributed by atoms with Gasteiger partial charge in [0.2, 0.25) is 0 Å². The molecular weight excluding hydrogens is 272 g/mol. The molecule has 1 aromatic heterocycles. The van der Waals surface area contributed by atoms with E-state index in [0.717, 1.165) is 5.69 Å². The lowest BCUT2D eigenvalue weighted by Crippen LogP contribution is -2.41. The highest BCUT2D eigenvalue weighted by Gasteiger charge is 2.11. The summed E-state index contributed by atoms with van der Waals surface area (Å²) < 4.78 is 0. The zero-order valence-corrected chi connectivity index (χ0v) is 12.4. The highest BCUT2D eigenvalue weighted by molar-refractivity contribution is 7.13. The van der Waals surface area contributed by atoms with Gasteiger partial charge in [0, 0.05) is 36.9 Å². The average Bonchev–Trinajstić information content (AvgIpc) is 2.97. The molecule has 1 aromatic carbocycles. The van der Waals surface area contributed by atoms with Gasteiger partial charge in [-0.05, 0) is 19.1 Å². The van der Waals surface area contributed by atoms with Crippen LogP contribution in [0.1, 0.15) is 6.92 Å². The Kier molecular flexibility index (Phi) is 4.95. The summed E-state index contributed by atoms with van der Waals surface area (Å²) in [4.78, 5) is 17.8. The molecule has 2 rings (SSSR count). The predicted octanol–water partition coefficient (Wildman–Crippen LogP) is 2.79. The number of nitrogens with one attached hydrogen (secondary N) is 2. The van der Waals surface area contributed by atoms with Crippen molar-refractivity contribution in [1.82, 2.24) is 10.3 Å². The molecule has 106 valence electrons. The van der Waals surface area contributed by atoms with E-state index in [2.05, 4.69) is 27.4 Å². The molecule has 1 heterocycles. The van der Waals surface area contributed by atoms with Gasteiger partial charge >= 0.3 is 6.03 Å². The number of likely N-dealkylation sites (N-methyl/N-ethyl adjacent to an activating group) is 1. The van der Waals surface area contributed by atoms with Gasteiger partial charge in [0.1, 0.15) is 0 Å². The molecule has 5 nitrogen and oxygen atoms in total. The molecule has 6 heteroatoms. The van der Waals surface area contributed by atoms with E-state index in [4.69, 9.17) is 0 Å². The van der Waals surface area contributed by atoms with Crippen LogP contribution in [0, 0.1) is 0 Å². The van der Waals surface area contributed by atoms with Crippen LogP contribution in [0.25, 0.3) is 0 Å². The lowest BCUT2D eigenvalue weighted by atomic mass is 10.2. The summed E-state index contributed by atoms with van der Waals surface area (Å²) in [6.07, 6.45) is 1.66. The molecule has 0 aliphatic carbocycles. The van der Waals surface area contributed by atoms with E-state index in [1.807, 2.05) is 42.8 Å². The fraction of sp³-hybridized carbons (Fsp3) is 0.286. The van der Waals surface area contributed by atoms with Crippen molar-refractivity contribution in [2.45, 2.75) is 13.0 Å². The molecule has 0 fully saturated rings. The van der Waals surface area contributed by atoms with Gasteiger partial charge in [0.25, 0.3) is 0 Å². The fourth-order valence-electron chi connectivity index (χ4n) is 1.72. The van der Waals surface area contributed by atoms with Gasteiger partial charge < -0.3 is 10.2 Å². The van der Waals surface area contributed by atoms with Crippen LogP contribution in [0.2, 0.25) is 0 Å². The van der Waals surface area contributed by atoms with E-state index in [1.165, 1.54) is 11.3 Å². The Morgan fingerprint density at radius 3 is 2.80 bits per heavy atom. The van der Waals surface area contributed by atoms with Crippen LogP contribution in [-0.2, 0) is 0 Å². The predicted molar refractivity (Wildman–Crippen MR) is 83.4 cm³/mol. The van der Waals surface area contributed by atoms with Crippen LogP contribution in [0.4, 0.5) is 15.6 Å². The molecule has 0 unspecified atom stereocenters. The number of amides is 2. The van der Waals surface area contributed by atoms with Gasteiger partial charge in [-0.15, -0.1) is 11.3 Å². The Labute approximate surface area is 122 Å². The summed E-state index contributed by atoms with van der Waals surface area (Å²) in [6.45, 7) is 2.62. The van der Waals surface area contributed by atoms with Gasteiger partial charge in [0.15, 0.2) is 5.13 Å². The minimum absolute atomic E-state index is 0.194. The first-order valence-electron chi connectivity index (χ1n) is 6.39. The maximum Gasteiger partial charge on any atom is 0.321 e. The Balaban J connectivity index is 1.80. The molecule has 0 bridgehead atoms. The normalized spacial score (nSPS) is 11.7. The first-order valence-corrected chi connectivity index (χ1v) is 7.27. The number of para-hydroxylation sites is 1. The molecule has 0 saturated heterocycles. The van der Waals surface area contributed by atoms with Crippen molar-refractivity contribution >= 4 is 28.2 Å². The van der Waals surface area contributed by atoms with E-state index in [-0.39, 0.29) is 12.1 Å². The Morgan fingerprint density at radius 2 is 2.15 bits per heavy atom. The lowest BCUT2D eigenvalue weighted by Gasteiger charge is -2.27. The largest absolute Gasteiger partial charge is 0.370 e. The van der Waals surface area contributed by atoms with E-state index in [0.29, 0.717) is 11.7 Å². The summed E-state index contributed by atoms with van der Waals surface area (Å²) in [6, 6.07) is 10.1. The number of anilines is 2. The maximum atomic E-state index is 11.7. The zero-order valence-electron chi connectivity index (χ0n) is 11.5. The summed E-state index contributed by atoms with van der Waals surface area (Å²) >= 11 is 1.40. The van der Waals surface area contributed by atoms with Gasteiger partial charge in [-0.1, -0.05) is 18.2 Å². The van der Waals surface area contributed by atoms with Crippen molar-refractivity contribution in [3.63, 3.8) is 0 Å². The summed E-state index contributed by atoms with van der Waals surface area (Å²) in [5.41, 5.74) is 1.13. The first kappa shape index (κ1) is 14.3. The minimum atomic E-state index is -0.228. The number of carbonyl (C=O) groups is 1. The van der Waals surface area contributed by atoms with E-state index >= 15 is 0 Å². The van der Waals surface area contributed by atoms with Gasteiger partial charge in [0.05, 0.1) is 0 Å². The van der Waals surface area contributed by atoms with E-state index in [9.17, 15) is 4.79 Å². The van der Waals surface area contributed by atoms with E-state index < -0.39 is 0 Å². The van der Waals surface area contributed by atoms with Gasteiger partial charge in [-0.2, -0.15) is 0 Å². The van der Waals surface area contributed by atoms with Gasteiger partial charge in [-0.25, -0.2) is 9.78 Å². The monoisotopic (exact) mass is 290 g/mol. The van der Waals surface area contributed by atoms with Crippen LogP contribution >= 0.6 is 11.3 Å². The molecule has 0 spiro atoms. The Bertz CT molecular complexity index is 529. The SMILES string of the molecule is C[C@@H](CNC(=O)Nc1nccs1)N(C)c1ccccc1. The molecule has 2 N–H and O–H groups in total. The number of aromatic nitrogens is 1. The van der Waals surface area contributed by atoms with Crippen LogP contribution in [0.5, 0.6) is 0 Å². The topological polar surface area (TPSA) is 57.3 Å². The van der Waals surface area contributed by atoms with Crippen molar-refractivity contribution in [1.29, 1.82) is 0 Å². The second-order valence-electron chi connectivity index (χ2n) is 4.47. The van der Waals surface area contributed by atoms with Crippen molar-refractivity contribution in [2.75, 3.05) is 23.8 Å². The van der Waals surface area contributed by atoms with Crippen LogP contribution in [-0.4, -0.2) is 30.6 Å². The average molecular weight is 290 g/mol. The number of nitrogens with zero attached hydrogens (tertiary/aromatic N) is 2. The number of hydrogen-bond donors (Lipinski definition) is 2. The standard InChI is InChI=1S/C14H18N4OS/c1-11(18(2)12-6-4-3-5-7-12)10-16-13(19)17-14-15-8-9-20-14/h3-9,11H,10H2,1-2H3,(H2,15,16,17,19)/t11-/m0/s1. The molecule has 0 radical (unpaired) electrons. The third-order valence-corrected chi connectivity index (χ3v) is 3.72. The number of urea groups is 1. The smallest absolute Gasteiger partial charge is 0.321 e. The molecule has 0 aliphatic rings. The van der Waals surface area contributed by atoms with Crippen LogP contribution < -0.4 is 15.5 Å². The fourth-order valence-corrected chi connectivity index (χ4v) is 2.25. The second kappa shape index (κ2) is 6.91. The quantitative estimate of drug-likeness (QED) is 0.890. The molecule has 1 atom stereocenters. The third-order valence-electron chi connectivity index (χ3n) is 3.04. The molecule has 20 heavy (non-hydrogen) atoms. The Hall–Kier alpha value is -2.08. The van der Waals surface area contributed by atoms with Crippen LogP contribution in [0.15, 0.2) is 41.9 Å². The van der Waals surface area contributed by atoms with Crippen molar-refractivity contribution in [3.05, 3.63) is 41.9 Å². The summed E-state index contributed by atoms with van der Waals surface area (Å²) in [5, 5.41) is 7.97. The van der Waals surface area contributed by atoms with Gasteiger partial charge in [-0.3, -0.25) is 5.32 Å². The van der Waals surface area contributed by atoms with E-state index in [1.54, 1.807) is 6.20 Å². The summed E-state index contributed by atoms with van der Waals surface area (Å²) in [5.74, 6) is 0. The third kappa shape index (κ3) is 3.96. The first-order chi connectivity index (χ1) is 9.66. The molecule has 2 aromatic rings. The number of benzene rings is 1. The zero-order chi connectivity index (χ0) is 14.4. The molecule has 0 saturated carbocycles. The second-order valence-corrected chi connectivity index (χ2v) is 5.36. The van der Waals surface area contributed by atoms with Crippen molar-refractivity contribution in [3.8, 4) is 0 Å². The van der Waals surface area contributed by atoms with Crippen LogP contribution in [0.3, 0.4) is 0 Å². The molecule has 2 amide bonds. The molecular formula is C14H18N4OS. The minimum Gasteiger partial charge on any atom is -0.370 e. The number of thiazole rings is 1. The summed E-state index contributed by atoms with van der Waals surface area (Å²) in [7, 11) is 2.01. The van der Waals surface area contributed by atoms with Crippen molar-refractivity contribution in [2.24, 2.45) is 0 Å². The number of hydrogen-bond acceptors (Lipinski definition) is 4. The highest BCUT2D eigenvalue weighted by Crippen LogP contribution is 2.13. The molecule has 0 aliphatic heterocycles.